The first-order chi connectivity index (χ1) is 11.7. The van der Waals surface area contributed by atoms with Crippen molar-refractivity contribution < 1.29 is 23.0 Å². The Hall–Kier alpha value is -1.69. The number of alkyl halides is 1. The summed E-state index contributed by atoms with van der Waals surface area (Å²) in [6.07, 6.45) is 0.997. The highest BCUT2D eigenvalue weighted by molar-refractivity contribution is 5.68. The Balaban J connectivity index is 1.70. The fraction of sp³-hybridized carbons (Fsp3) is 0.632. The second kappa shape index (κ2) is 8.61. The van der Waals surface area contributed by atoms with Crippen LogP contribution in [0.25, 0.3) is 0 Å². The summed E-state index contributed by atoms with van der Waals surface area (Å²) >= 11 is 0. The molecule has 2 rings (SSSR count). The van der Waals surface area contributed by atoms with Crippen molar-refractivity contribution in [3.8, 4) is 0 Å². The van der Waals surface area contributed by atoms with Crippen LogP contribution in [0.3, 0.4) is 0 Å². The van der Waals surface area contributed by atoms with Gasteiger partial charge in [-0.25, -0.2) is 13.6 Å². The van der Waals surface area contributed by atoms with Crippen LogP contribution >= 0.6 is 0 Å². The minimum atomic E-state index is -1.47. The van der Waals surface area contributed by atoms with Gasteiger partial charge in [0.2, 0.25) is 0 Å². The molecule has 1 aromatic rings. The van der Waals surface area contributed by atoms with E-state index in [1.54, 1.807) is 6.07 Å². The fourth-order valence-electron chi connectivity index (χ4n) is 2.89. The van der Waals surface area contributed by atoms with E-state index in [-0.39, 0.29) is 24.3 Å². The van der Waals surface area contributed by atoms with E-state index in [0.29, 0.717) is 0 Å². The van der Waals surface area contributed by atoms with Gasteiger partial charge in [-0.2, -0.15) is 0 Å². The molecular formula is C19H27F2NO3. The molecule has 1 amide bonds. The molecule has 1 aliphatic rings. The second-order valence-electron chi connectivity index (χ2n) is 7.44. The van der Waals surface area contributed by atoms with E-state index in [9.17, 15) is 13.6 Å². The summed E-state index contributed by atoms with van der Waals surface area (Å²) in [5.41, 5.74) is -0.490. The molecule has 6 heteroatoms. The van der Waals surface area contributed by atoms with Crippen LogP contribution in [0.15, 0.2) is 24.3 Å². The third-order valence-electron chi connectivity index (χ3n) is 4.12. The Morgan fingerprint density at radius 3 is 2.48 bits per heavy atom. The summed E-state index contributed by atoms with van der Waals surface area (Å²) in [5.74, 6) is -0.552. The molecular weight excluding hydrogens is 328 g/mol. The van der Waals surface area contributed by atoms with Crippen molar-refractivity contribution in [2.75, 3.05) is 6.61 Å². The van der Waals surface area contributed by atoms with E-state index in [2.05, 4.69) is 5.32 Å². The van der Waals surface area contributed by atoms with E-state index >= 15 is 0 Å². The summed E-state index contributed by atoms with van der Waals surface area (Å²) in [6, 6.07) is 5.87. The summed E-state index contributed by atoms with van der Waals surface area (Å²) in [4.78, 5) is 11.8. The van der Waals surface area contributed by atoms with Gasteiger partial charge >= 0.3 is 6.09 Å². The maximum absolute atomic E-state index is 14.1. The largest absolute Gasteiger partial charge is 0.444 e. The van der Waals surface area contributed by atoms with Crippen LogP contribution in [-0.2, 0) is 9.47 Å². The SMILES string of the molecule is CC(C)(C)OC(=O)NC1CCC(OCC(F)c2ccccc2F)CC1. The van der Waals surface area contributed by atoms with Gasteiger partial charge in [-0.3, -0.25) is 0 Å². The number of benzene rings is 1. The first-order valence-electron chi connectivity index (χ1n) is 8.74. The van der Waals surface area contributed by atoms with Crippen molar-refractivity contribution in [3.05, 3.63) is 35.6 Å². The molecule has 140 valence electrons. The molecule has 0 heterocycles. The predicted octanol–water partition coefficient (Wildman–Crippen LogP) is 4.69. The van der Waals surface area contributed by atoms with Crippen LogP contribution in [0.4, 0.5) is 13.6 Å². The Morgan fingerprint density at radius 2 is 1.88 bits per heavy atom. The highest BCUT2D eigenvalue weighted by atomic mass is 19.1. The van der Waals surface area contributed by atoms with Crippen molar-refractivity contribution >= 4 is 6.09 Å². The van der Waals surface area contributed by atoms with Crippen molar-refractivity contribution in [2.45, 2.75) is 70.4 Å². The van der Waals surface area contributed by atoms with Crippen molar-refractivity contribution in [2.24, 2.45) is 0 Å². The van der Waals surface area contributed by atoms with Gasteiger partial charge in [0.05, 0.1) is 12.7 Å². The lowest BCUT2D eigenvalue weighted by Gasteiger charge is -2.30. The molecule has 1 aromatic carbocycles. The molecule has 0 aromatic heterocycles. The van der Waals surface area contributed by atoms with E-state index in [0.717, 1.165) is 25.7 Å². The van der Waals surface area contributed by atoms with Crippen LogP contribution in [0, 0.1) is 5.82 Å². The number of amides is 1. The summed E-state index contributed by atoms with van der Waals surface area (Å²) < 4.78 is 38.5. The first kappa shape index (κ1) is 19.6. The van der Waals surface area contributed by atoms with Crippen molar-refractivity contribution in [3.63, 3.8) is 0 Å². The molecule has 0 spiro atoms. The lowest BCUT2D eigenvalue weighted by atomic mass is 9.93. The zero-order chi connectivity index (χ0) is 18.4. The molecule has 0 radical (unpaired) electrons. The zero-order valence-corrected chi connectivity index (χ0v) is 15.1. The van der Waals surface area contributed by atoms with Gasteiger partial charge in [-0.1, -0.05) is 18.2 Å². The van der Waals surface area contributed by atoms with E-state index in [1.165, 1.54) is 18.2 Å². The van der Waals surface area contributed by atoms with Gasteiger partial charge in [-0.05, 0) is 52.5 Å². The maximum atomic E-state index is 14.1. The summed E-state index contributed by atoms with van der Waals surface area (Å²) in [7, 11) is 0. The number of alkyl carbamates (subject to hydrolysis) is 1. The molecule has 0 bridgehead atoms. The normalized spacial score (nSPS) is 22.3. The molecule has 1 unspecified atom stereocenters. The molecule has 1 fully saturated rings. The van der Waals surface area contributed by atoms with Crippen LogP contribution in [0.1, 0.15) is 58.2 Å². The van der Waals surface area contributed by atoms with Gasteiger partial charge in [0, 0.05) is 11.6 Å². The number of nitrogens with one attached hydrogen (secondary N) is 1. The van der Waals surface area contributed by atoms with Gasteiger partial charge in [0.15, 0.2) is 6.17 Å². The Labute approximate surface area is 147 Å². The van der Waals surface area contributed by atoms with Gasteiger partial charge < -0.3 is 14.8 Å². The standard InChI is InChI=1S/C19H27F2NO3/c1-19(2,3)25-18(23)22-13-8-10-14(11-9-13)24-12-17(21)15-6-4-5-7-16(15)20/h4-7,13-14,17H,8-12H2,1-3H3,(H,22,23). The Bertz CT molecular complexity index is 566. The lowest BCUT2D eigenvalue weighted by Crippen LogP contribution is -2.42. The second-order valence-corrected chi connectivity index (χ2v) is 7.44. The molecule has 25 heavy (non-hydrogen) atoms. The number of halogens is 2. The molecule has 1 atom stereocenters. The van der Waals surface area contributed by atoms with Gasteiger partial charge in [0.1, 0.15) is 11.4 Å². The molecule has 4 nitrogen and oxygen atoms in total. The van der Waals surface area contributed by atoms with Crippen molar-refractivity contribution in [1.29, 1.82) is 0 Å². The lowest BCUT2D eigenvalue weighted by molar-refractivity contribution is -0.00735. The highest BCUT2D eigenvalue weighted by Crippen LogP contribution is 2.25. The number of rotatable bonds is 5. The van der Waals surface area contributed by atoms with Crippen LogP contribution in [0.2, 0.25) is 0 Å². The summed E-state index contributed by atoms with van der Waals surface area (Å²) in [5, 5.41) is 2.85. The van der Waals surface area contributed by atoms with Gasteiger partial charge in [0.25, 0.3) is 0 Å². The number of carbonyl (C=O) groups excluding carboxylic acids is 1. The minimum absolute atomic E-state index is 0.0304. The Morgan fingerprint density at radius 1 is 1.24 bits per heavy atom. The maximum Gasteiger partial charge on any atom is 0.407 e. The van der Waals surface area contributed by atoms with E-state index < -0.39 is 23.7 Å². The smallest absolute Gasteiger partial charge is 0.407 e. The Kier molecular flexibility index (Phi) is 6.76. The molecule has 1 N–H and O–H groups in total. The number of ether oxygens (including phenoxy) is 2. The monoisotopic (exact) mass is 355 g/mol. The summed E-state index contributed by atoms with van der Waals surface area (Å²) in [6.45, 7) is 5.30. The van der Waals surface area contributed by atoms with Crippen LogP contribution in [0.5, 0.6) is 0 Å². The molecule has 1 saturated carbocycles. The topological polar surface area (TPSA) is 47.6 Å². The minimum Gasteiger partial charge on any atom is -0.444 e. The first-order valence-corrected chi connectivity index (χ1v) is 8.74. The number of carbonyl (C=O) groups is 1. The molecule has 1 aliphatic carbocycles. The number of hydrogen-bond acceptors (Lipinski definition) is 3. The number of hydrogen-bond donors (Lipinski definition) is 1. The van der Waals surface area contributed by atoms with Crippen molar-refractivity contribution in [1.82, 2.24) is 5.32 Å². The van der Waals surface area contributed by atoms with E-state index in [4.69, 9.17) is 9.47 Å². The quantitative estimate of drug-likeness (QED) is 0.834. The predicted molar refractivity (Wildman–Crippen MR) is 91.6 cm³/mol. The van der Waals surface area contributed by atoms with Gasteiger partial charge in [-0.15, -0.1) is 0 Å². The average Bonchev–Trinajstić information content (AvgIpc) is 2.52. The third kappa shape index (κ3) is 6.61. The highest BCUT2D eigenvalue weighted by Gasteiger charge is 2.26. The van der Waals surface area contributed by atoms with E-state index in [1.807, 2.05) is 20.8 Å². The third-order valence-corrected chi connectivity index (χ3v) is 4.12. The van der Waals surface area contributed by atoms with Crippen LogP contribution in [-0.4, -0.2) is 30.4 Å². The van der Waals surface area contributed by atoms with Crippen LogP contribution < -0.4 is 5.32 Å². The fourth-order valence-corrected chi connectivity index (χ4v) is 2.89. The average molecular weight is 355 g/mol. The zero-order valence-electron chi connectivity index (χ0n) is 15.1. The molecule has 0 saturated heterocycles. The molecule has 0 aliphatic heterocycles.